The number of hydrogen-bond donors (Lipinski definition) is 2. The number of amides is 1. The van der Waals surface area contributed by atoms with Crippen molar-refractivity contribution in [1.29, 1.82) is 0 Å². The van der Waals surface area contributed by atoms with Crippen LogP contribution in [0, 0.1) is 0 Å². The molecule has 2 N–H and O–H groups in total. The van der Waals surface area contributed by atoms with E-state index in [4.69, 9.17) is 0 Å². The Morgan fingerprint density at radius 1 is 1.08 bits per heavy atom. The molecule has 2 heterocycles. The summed E-state index contributed by atoms with van der Waals surface area (Å²) in [7, 11) is 0. The van der Waals surface area contributed by atoms with Crippen molar-refractivity contribution in [3.63, 3.8) is 0 Å². The van der Waals surface area contributed by atoms with Gasteiger partial charge < -0.3 is 15.0 Å². The third-order valence-electron chi connectivity index (χ3n) is 5.54. The number of aliphatic hydroxyl groups excluding tert-OH is 1. The molecular formula is C19H31N3O2. The Hall–Kier alpha value is -1.33. The van der Waals surface area contributed by atoms with Crippen LogP contribution in [-0.2, 0) is 11.3 Å². The second-order valence-corrected chi connectivity index (χ2v) is 7.32. The lowest BCUT2D eigenvalue weighted by Crippen LogP contribution is -2.52. The van der Waals surface area contributed by atoms with E-state index in [1.54, 1.807) is 0 Å². The zero-order valence-corrected chi connectivity index (χ0v) is 14.6. The minimum atomic E-state index is -0.154. The lowest BCUT2D eigenvalue weighted by atomic mass is 9.89. The molecule has 134 valence electrons. The zero-order chi connectivity index (χ0) is 16.8. The predicted molar refractivity (Wildman–Crippen MR) is 94.7 cm³/mol. The van der Waals surface area contributed by atoms with E-state index in [2.05, 4.69) is 14.8 Å². The molecule has 1 amide bonds. The quantitative estimate of drug-likeness (QED) is 0.839. The van der Waals surface area contributed by atoms with Crippen LogP contribution in [0.3, 0.4) is 0 Å². The average molecular weight is 333 g/mol. The molecule has 1 saturated heterocycles. The van der Waals surface area contributed by atoms with Gasteiger partial charge in [-0.05, 0) is 44.2 Å². The number of piperidine rings is 1. The standard InChI is InChI=1S/C19H31N3O2/c23-18-7-2-1-6-17(18)22-14-9-16(10-15-22)20-19(24)8-5-13-21-11-3-4-12-21/h3-4,11-12,16-18,23H,1-2,5-10,13-15H2,(H,20,24)/t17-,18-/m1/s1. The molecule has 5 heteroatoms. The van der Waals surface area contributed by atoms with E-state index in [1.807, 2.05) is 24.5 Å². The number of carbonyl (C=O) groups excluding carboxylic acids is 1. The van der Waals surface area contributed by atoms with E-state index < -0.39 is 0 Å². The molecule has 0 radical (unpaired) electrons. The summed E-state index contributed by atoms with van der Waals surface area (Å²) >= 11 is 0. The predicted octanol–water partition coefficient (Wildman–Crippen LogP) is 2.15. The van der Waals surface area contributed by atoms with Crippen molar-refractivity contribution >= 4 is 5.91 Å². The van der Waals surface area contributed by atoms with E-state index in [9.17, 15) is 9.90 Å². The molecule has 2 fully saturated rings. The zero-order valence-electron chi connectivity index (χ0n) is 14.6. The van der Waals surface area contributed by atoms with Crippen molar-refractivity contribution in [2.75, 3.05) is 13.1 Å². The highest BCUT2D eigenvalue weighted by atomic mass is 16.3. The largest absolute Gasteiger partial charge is 0.391 e. The average Bonchev–Trinajstić information content (AvgIpc) is 3.10. The fraction of sp³-hybridized carbons (Fsp3) is 0.737. The van der Waals surface area contributed by atoms with Crippen LogP contribution in [0.1, 0.15) is 51.4 Å². The number of likely N-dealkylation sites (tertiary alicyclic amines) is 1. The van der Waals surface area contributed by atoms with Crippen molar-refractivity contribution in [1.82, 2.24) is 14.8 Å². The number of nitrogens with one attached hydrogen (secondary N) is 1. The lowest BCUT2D eigenvalue weighted by molar-refractivity contribution is -0.122. The van der Waals surface area contributed by atoms with Crippen LogP contribution < -0.4 is 5.32 Å². The molecule has 1 aromatic rings. The van der Waals surface area contributed by atoms with E-state index in [0.717, 1.165) is 58.2 Å². The van der Waals surface area contributed by atoms with E-state index in [-0.39, 0.29) is 12.0 Å². The van der Waals surface area contributed by atoms with Crippen LogP contribution in [0.2, 0.25) is 0 Å². The summed E-state index contributed by atoms with van der Waals surface area (Å²) < 4.78 is 2.11. The number of aliphatic hydroxyl groups is 1. The van der Waals surface area contributed by atoms with Crippen LogP contribution in [0.15, 0.2) is 24.5 Å². The number of hydrogen-bond acceptors (Lipinski definition) is 3. The Balaban J connectivity index is 1.33. The second-order valence-electron chi connectivity index (χ2n) is 7.32. The fourth-order valence-corrected chi connectivity index (χ4v) is 4.13. The fourth-order valence-electron chi connectivity index (χ4n) is 4.13. The Kier molecular flexibility index (Phi) is 6.32. The molecular weight excluding hydrogens is 302 g/mol. The summed E-state index contributed by atoms with van der Waals surface area (Å²) in [5.41, 5.74) is 0. The number of carbonyl (C=O) groups is 1. The van der Waals surface area contributed by atoms with Gasteiger partial charge in [0.1, 0.15) is 0 Å². The summed E-state index contributed by atoms with van der Waals surface area (Å²) in [6.07, 6.45) is 11.9. The molecule has 1 aliphatic heterocycles. The first kappa shape index (κ1) is 17.5. The molecule has 2 aliphatic rings. The summed E-state index contributed by atoms with van der Waals surface area (Å²) in [5.74, 6) is 0.179. The summed E-state index contributed by atoms with van der Waals surface area (Å²) in [4.78, 5) is 14.5. The van der Waals surface area contributed by atoms with Gasteiger partial charge in [0.2, 0.25) is 5.91 Å². The van der Waals surface area contributed by atoms with E-state index in [0.29, 0.717) is 18.5 Å². The topological polar surface area (TPSA) is 57.5 Å². The van der Waals surface area contributed by atoms with Gasteiger partial charge in [0, 0.05) is 50.5 Å². The van der Waals surface area contributed by atoms with E-state index >= 15 is 0 Å². The molecule has 1 aromatic heterocycles. The van der Waals surface area contributed by atoms with Crippen molar-refractivity contribution in [3.8, 4) is 0 Å². The van der Waals surface area contributed by atoms with Crippen molar-refractivity contribution in [3.05, 3.63) is 24.5 Å². The molecule has 3 rings (SSSR count). The first-order valence-corrected chi connectivity index (χ1v) is 9.54. The van der Waals surface area contributed by atoms with Crippen molar-refractivity contribution in [2.45, 2.75) is 76.1 Å². The normalized spacial score (nSPS) is 26.4. The smallest absolute Gasteiger partial charge is 0.220 e. The third kappa shape index (κ3) is 4.84. The maximum atomic E-state index is 12.1. The molecule has 0 bridgehead atoms. The van der Waals surface area contributed by atoms with Crippen molar-refractivity contribution in [2.24, 2.45) is 0 Å². The summed E-state index contributed by atoms with van der Waals surface area (Å²) in [6.45, 7) is 2.89. The number of aromatic nitrogens is 1. The highest BCUT2D eigenvalue weighted by Gasteiger charge is 2.31. The minimum Gasteiger partial charge on any atom is -0.391 e. The highest BCUT2D eigenvalue weighted by Crippen LogP contribution is 2.25. The maximum absolute atomic E-state index is 12.1. The molecule has 2 atom stereocenters. The lowest BCUT2D eigenvalue weighted by Gasteiger charge is -2.41. The van der Waals surface area contributed by atoms with Gasteiger partial charge in [-0.1, -0.05) is 12.8 Å². The van der Waals surface area contributed by atoms with Crippen LogP contribution in [0.4, 0.5) is 0 Å². The number of aryl methyl sites for hydroxylation is 1. The minimum absolute atomic E-state index is 0.154. The van der Waals surface area contributed by atoms with Gasteiger partial charge in [-0.15, -0.1) is 0 Å². The van der Waals surface area contributed by atoms with Gasteiger partial charge in [-0.25, -0.2) is 0 Å². The van der Waals surface area contributed by atoms with Crippen LogP contribution in [0.5, 0.6) is 0 Å². The molecule has 0 unspecified atom stereocenters. The number of rotatable bonds is 6. The first-order valence-electron chi connectivity index (χ1n) is 9.54. The van der Waals surface area contributed by atoms with Gasteiger partial charge >= 0.3 is 0 Å². The Labute approximate surface area is 145 Å². The molecule has 0 spiro atoms. The van der Waals surface area contributed by atoms with Gasteiger partial charge in [0.25, 0.3) is 0 Å². The third-order valence-corrected chi connectivity index (χ3v) is 5.54. The Bertz CT molecular complexity index is 495. The van der Waals surface area contributed by atoms with Crippen LogP contribution >= 0.6 is 0 Å². The Morgan fingerprint density at radius 3 is 2.50 bits per heavy atom. The van der Waals surface area contributed by atoms with Gasteiger partial charge in [-0.3, -0.25) is 9.69 Å². The van der Waals surface area contributed by atoms with E-state index in [1.165, 1.54) is 6.42 Å². The first-order chi connectivity index (χ1) is 11.7. The molecule has 5 nitrogen and oxygen atoms in total. The highest BCUT2D eigenvalue weighted by molar-refractivity contribution is 5.76. The number of nitrogens with zero attached hydrogens (tertiary/aromatic N) is 2. The molecule has 0 aromatic carbocycles. The second kappa shape index (κ2) is 8.67. The van der Waals surface area contributed by atoms with Crippen LogP contribution in [0.25, 0.3) is 0 Å². The van der Waals surface area contributed by atoms with Gasteiger partial charge in [0.15, 0.2) is 0 Å². The molecule has 1 saturated carbocycles. The molecule has 1 aliphatic carbocycles. The maximum Gasteiger partial charge on any atom is 0.220 e. The van der Waals surface area contributed by atoms with Crippen LogP contribution in [-0.4, -0.2) is 51.8 Å². The monoisotopic (exact) mass is 333 g/mol. The van der Waals surface area contributed by atoms with Crippen molar-refractivity contribution < 1.29 is 9.90 Å². The SMILES string of the molecule is O=C(CCCn1cccc1)NC1CCN([C@@H]2CCCC[C@H]2O)CC1. The summed E-state index contributed by atoms with van der Waals surface area (Å²) in [5, 5.41) is 13.4. The van der Waals surface area contributed by atoms with Gasteiger partial charge in [-0.2, -0.15) is 0 Å². The Morgan fingerprint density at radius 2 is 1.79 bits per heavy atom. The summed E-state index contributed by atoms with van der Waals surface area (Å²) in [6, 6.07) is 4.67. The van der Waals surface area contributed by atoms with Gasteiger partial charge in [0.05, 0.1) is 6.10 Å². The molecule has 24 heavy (non-hydrogen) atoms.